The molecule has 7 heteroatoms. The third-order valence-electron chi connectivity index (χ3n) is 4.97. The number of hydrogen-bond donors (Lipinski definition) is 2. The molecule has 1 unspecified atom stereocenters. The van der Waals surface area contributed by atoms with E-state index in [4.69, 9.17) is 4.74 Å². The van der Waals surface area contributed by atoms with Crippen LogP contribution in [0.5, 0.6) is 0 Å². The fourth-order valence-corrected chi connectivity index (χ4v) is 3.25. The van der Waals surface area contributed by atoms with Crippen molar-refractivity contribution < 1.29 is 14.3 Å². The lowest BCUT2D eigenvalue weighted by molar-refractivity contribution is -0.156. The van der Waals surface area contributed by atoms with Gasteiger partial charge in [-0.05, 0) is 31.4 Å². The fourth-order valence-electron chi connectivity index (χ4n) is 3.25. The molecule has 0 aliphatic heterocycles. The number of aromatic amines is 1. The van der Waals surface area contributed by atoms with Crippen molar-refractivity contribution in [1.82, 2.24) is 15.3 Å². The lowest BCUT2D eigenvalue weighted by Crippen LogP contribution is -2.33. The number of fused-ring (bicyclic) bond motifs is 1. The molecular formula is C23H23N3O4. The molecule has 1 fully saturated rings. The van der Waals surface area contributed by atoms with Gasteiger partial charge in [-0.15, -0.1) is 0 Å². The quantitative estimate of drug-likeness (QED) is 0.561. The van der Waals surface area contributed by atoms with Gasteiger partial charge in [-0.25, -0.2) is 4.98 Å². The molecule has 1 aromatic heterocycles. The minimum Gasteiger partial charge on any atom is -0.447 e. The van der Waals surface area contributed by atoms with Gasteiger partial charge in [-0.3, -0.25) is 14.4 Å². The summed E-state index contributed by atoms with van der Waals surface area (Å²) >= 11 is 0. The van der Waals surface area contributed by atoms with Crippen LogP contribution in [0.1, 0.15) is 43.2 Å². The van der Waals surface area contributed by atoms with Crippen molar-refractivity contribution >= 4 is 22.8 Å². The Morgan fingerprint density at radius 1 is 1.10 bits per heavy atom. The van der Waals surface area contributed by atoms with Crippen LogP contribution in [0.3, 0.4) is 0 Å². The summed E-state index contributed by atoms with van der Waals surface area (Å²) in [5, 5.41) is 3.43. The minimum absolute atomic E-state index is 0.122. The second kappa shape index (κ2) is 8.90. The highest BCUT2D eigenvalue weighted by molar-refractivity contribution is 5.85. The molecule has 2 N–H and O–H groups in total. The number of aryl methyl sites for hydroxylation is 1. The molecule has 1 saturated carbocycles. The van der Waals surface area contributed by atoms with Gasteiger partial charge in [0.15, 0.2) is 0 Å². The zero-order chi connectivity index (χ0) is 20.9. The Morgan fingerprint density at radius 2 is 1.83 bits per heavy atom. The summed E-state index contributed by atoms with van der Waals surface area (Å²) in [6.45, 7) is 0. The Balaban J connectivity index is 1.36. The molecule has 0 radical (unpaired) electrons. The zero-order valence-corrected chi connectivity index (χ0v) is 16.5. The van der Waals surface area contributed by atoms with Gasteiger partial charge in [0, 0.05) is 24.4 Å². The lowest BCUT2D eigenvalue weighted by Gasteiger charge is -2.18. The van der Waals surface area contributed by atoms with Crippen LogP contribution in [-0.2, 0) is 20.7 Å². The third kappa shape index (κ3) is 4.92. The van der Waals surface area contributed by atoms with E-state index in [0.29, 0.717) is 35.1 Å². The maximum absolute atomic E-state index is 12.5. The summed E-state index contributed by atoms with van der Waals surface area (Å²) in [6.07, 6.45) is 1.95. The zero-order valence-electron chi connectivity index (χ0n) is 16.5. The molecule has 0 bridgehead atoms. The van der Waals surface area contributed by atoms with Crippen molar-refractivity contribution in [3.05, 3.63) is 76.3 Å². The second-order valence-corrected chi connectivity index (χ2v) is 7.45. The van der Waals surface area contributed by atoms with Gasteiger partial charge in [0.2, 0.25) is 6.10 Å². The van der Waals surface area contributed by atoms with Crippen LogP contribution < -0.4 is 10.9 Å². The van der Waals surface area contributed by atoms with Crippen LogP contribution >= 0.6 is 0 Å². The van der Waals surface area contributed by atoms with E-state index in [1.165, 1.54) is 0 Å². The van der Waals surface area contributed by atoms with E-state index in [1.807, 2.05) is 24.3 Å². The molecule has 0 spiro atoms. The van der Waals surface area contributed by atoms with Crippen LogP contribution in [0.15, 0.2) is 59.4 Å². The number of benzene rings is 2. The van der Waals surface area contributed by atoms with Crippen LogP contribution in [-0.4, -0.2) is 27.9 Å². The van der Waals surface area contributed by atoms with Crippen molar-refractivity contribution in [1.29, 1.82) is 0 Å². The Bertz CT molecular complexity index is 1110. The molecule has 1 aliphatic rings. The number of aromatic nitrogens is 2. The monoisotopic (exact) mass is 405 g/mol. The summed E-state index contributed by atoms with van der Waals surface area (Å²) in [6, 6.07) is 16.3. The van der Waals surface area contributed by atoms with Crippen LogP contribution in [0.25, 0.3) is 10.9 Å². The number of carbonyl (C=O) groups excluding carboxylic acids is 2. The molecule has 4 rings (SSSR count). The number of nitrogens with one attached hydrogen (secondary N) is 2. The first-order valence-electron chi connectivity index (χ1n) is 10.1. The predicted octanol–water partition coefficient (Wildman–Crippen LogP) is 2.81. The number of para-hydroxylation sites is 1. The number of hydrogen-bond acceptors (Lipinski definition) is 5. The Labute approximate surface area is 173 Å². The van der Waals surface area contributed by atoms with E-state index >= 15 is 0 Å². The van der Waals surface area contributed by atoms with E-state index in [9.17, 15) is 14.4 Å². The standard InChI is InChI=1S/C23H23N3O4/c27-20(12-6-11-19-25-18-10-5-4-9-17(18)22(28)26-19)30-21(15-7-2-1-3-8-15)23(29)24-16-13-14-16/h1-5,7-10,16,21H,6,11-14H2,(H,24,29)(H,25,26,28). The van der Waals surface area contributed by atoms with Gasteiger partial charge in [-0.2, -0.15) is 0 Å². The van der Waals surface area contributed by atoms with Gasteiger partial charge in [0.05, 0.1) is 10.9 Å². The summed E-state index contributed by atoms with van der Waals surface area (Å²) in [4.78, 5) is 44.3. The summed E-state index contributed by atoms with van der Waals surface area (Å²) in [7, 11) is 0. The average Bonchev–Trinajstić information content (AvgIpc) is 3.56. The van der Waals surface area contributed by atoms with Gasteiger partial charge < -0.3 is 15.0 Å². The van der Waals surface area contributed by atoms with Crippen LogP contribution in [0, 0.1) is 0 Å². The lowest BCUT2D eigenvalue weighted by atomic mass is 10.1. The molecular weight excluding hydrogens is 382 g/mol. The van der Waals surface area contributed by atoms with Crippen LogP contribution in [0.2, 0.25) is 0 Å². The van der Waals surface area contributed by atoms with Crippen molar-refractivity contribution in [3.63, 3.8) is 0 Å². The fraction of sp³-hybridized carbons (Fsp3) is 0.304. The van der Waals surface area contributed by atoms with E-state index in [1.54, 1.807) is 30.3 Å². The topological polar surface area (TPSA) is 101 Å². The number of carbonyl (C=O) groups is 2. The van der Waals surface area contributed by atoms with E-state index in [0.717, 1.165) is 12.8 Å². The van der Waals surface area contributed by atoms with Crippen molar-refractivity contribution in [2.24, 2.45) is 0 Å². The first-order valence-corrected chi connectivity index (χ1v) is 10.1. The average molecular weight is 405 g/mol. The number of H-pyrrole nitrogens is 1. The largest absolute Gasteiger partial charge is 0.447 e. The number of ether oxygens (including phenoxy) is 1. The normalized spacial score (nSPS) is 14.3. The molecule has 1 amide bonds. The summed E-state index contributed by atoms with van der Waals surface area (Å²) in [5.74, 6) is -0.229. The number of nitrogens with zero attached hydrogens (tertiary/aromatic N) is 1. The number of esters is 1. The highest BCUT2D eigenvalue weighted by Crippen LogP contribution is 2.23. The maximum atomic E-state index is 12.5. The van der Waals surface area contributed by atoms with Crippen molar-refractivity contribution in [2.45, 2.75) is 44.2 Å². The highest BCUT2D eigenvalue weighted by Gasteiger charge is 2.30. The smallest absolute Gasteiger partial charge is 0.306 e. The SMILES string of the molecule is O=C(CCCc1nc2ccccc2c(=O)[nH]1)OC(C(=O)NC1CC1)c1ccccc1. The molecule has 2 aromatic carbocycles. The Morgan fingerprint density at radius 3 is 2.60 bits per heavy atom. The van der Waals surface area contributed by atoms with E-state index in [2.05, 4.69) is 15.3 Å². The first-order chi connectivity index (χ1) is 14.6. The Kier molecular flexibility index (Phi) is 5.88. The third-order valence-corrected chi connectivity index (χ3v) is 4.97. The Hall–Kier alpha value is -3.48. The maximum Gasteiger partial charge on any atom is 0.306 e. The number of amides is 1. The van der Waals surface area contributed by atoms with Gasteiger partial charge >= 0.3 is 5.97 Å². The molecule has 1 heterocycles. The summed E-state index contributed by atoms with van der Waals surface area (Å²) in [5.41, 5.74) is 1.07. The summed E-state index contributed by atoms with van der Waals surface area (Å²) < 4.78 is 5.52. The minimum atomic E-state index is -0.960. The molecule has 1 aliphatic carbocycles. The van der Waals surface area contributed by atoms with Crippen molar-refractivity contribution in [2.75, 3.05) is 0 Å². The van der Waals surface area contributed by atoms with Gasteiger partial charge in [-0.1, -0.05) is 42.5 Å². The molecule has 7 nitrogen and oxygen atoms in total. The molecule has 30 heavy (non-hydrogen) atoms. The molecule has 3 aromatic rings. The number of rotatable bonds is 8. The molecule has 1 atom stereocenters. The van der Waals surface area contributed by atoms with Crippen LogP contribution in [0.4, 0.5) is 0 Å². The van der Waals surface area contributed by atoms with Gasteiger partial charge in [0.1, 0.15) is 5.82 Å². The first kappa shape index (κ1) is 19.8. The molecule has 154 valence electrons. The van der Waals surface area contributed by atoms with E-state index in [-0.39, 0.29) is 23.9 Å². The molecule has 0 saturated heterocycles. The highest BCUT2D eigenvalue weighted by atomic mass is 16.5. The van der Waals surface area contributed by atoms with E-state index < -0.39 is 12.1 Å². The van der Waals surface area contributed by atoms with Crippen molar-refractivity contribution in [3.8, 4) is 0 Å². The predicted molar refractivity (Wildman–Crippen MR) is 112 cm³/mol. The van der Waals surface area contributed by atoms with Gasteiger partial charge in [0.25, 0.3) is 11.5 Å². The second-order valence-electron chi connectivity index (χ2n) is 7.45.